The van der Waals surface area contributed by atoms with Gasteiger partial charge in [-0.2, -0.15) is 0 Å². The van der Waals surface area contributed by atoms with Gasteiger partial charge in [-0.05, 0) is 121 Å². The van der Waals surface area contributed by atoms with E-state index in [0.717, 1.165) is 58.1 Å². The average Bonchev–Trinajstić information content (AvgIpc) is 3.12. The fourth-order valence-electron chi connectivity index (χ4n) is 6.03. The highest BCUT2D eigenvalue weighted by atomic mass is 16.5. The first-order valence-corrected chi connectivity index (χ1v) is 16.4. The van der Waals surface area contributed by atoms with E-state index in [2.05, 4.69) is 176 Å². The Kier molecular flexibility index (Phi) is 10.1. The van der Waals surface area contributed by atoms with Crippen molar-refractivity contribution < 1.29 is 9.53 Å². The molecule has 0 unspecified atom stereocenters. The summed E-state index contributed by atoms with van der Waals surface area (Å²) < 4.78 is 5.25. The number of benzene rings is 6. The van der Waals surface area contributed by atoms with Crippen LogP contribution in [0.4, 0.5) is 34.1 Å². The number of esters is 1. The number of aryl methyl sites for hydroxylation is 3. The van der Waals surface area contributed by atoms with Crippen LogP contribution in [0.1, 0.15) is 23.1 Å². The van der Waals surface area contributed by atoms with Crippen LogP contribution in [-0.4, -0.2) is 12.6 Å². The minimum Gasteiger partial charge on any atom is -0.463 e. The van der Waals surface area contributed by atoms with Crippen LogP contribution in [0.25, 0.3) is 11.1 Å². The normalized spacial score (nSPS) is 10.7. The number of anilines is 6. The Labute approximate surface area is 284 Å². The van der Waals surface area contributed by atoms with E-state index < -0.39 is 0 Å². The highest BCUT2D eigenvalue weighted by molar-refractivity contribution is 5.82. The minimum absolute atomic E-state index is 0.352. The molecule has 4 nitrogen and oxygen atoms in total. The summed E-state index contributed by atoms with van der Waals surface area (Å²) in [4.78, 5) is 16.2. The van der Waals surface area contributed by atoms with Gasteiger partial charge in [0.05, 0.1) is 6.61 Å². The van der Waals surface area contributed by atoms with Crippen molar-refractivity contribution in [3.8, 4) is 11.1 Å². The van der Waals surface area contributed by atoms with Gasteiger partial charge in [-0.1, -0.05) is 91.5 Å². The fourth-order valence-corrected chi connectivity index (χ4v) is 6.03. The number of ether oxygens (including phenoxy) is 1. The van der Waals surface area contributed by atoms with E-state index in [1.165, 1.54) is 22.8 Å². The van der Waals surface area contributed by atoms with Crippen molar-refractivity contribution in [3.05, 3.63) is 181 Å². The van der Waals surface area contributed by atoms with Crippen LogP contribution in [0.3, 0.4) is 0 Å². The molecular weight excluding hydrogens is 588 g/mol. The zero-order chi connectivity index (χ0) is 33.3. The number of para-hydroxylation sites is 2. The maximum Gasteiger partial charge on any atom is 0.330 e. The molecule has 0 heterocycles. The van der Waals surface area contributed by atoms with Crippen LogP contribution in [0.15, 0.2) is 164 Å². The summed E-state index contributed by atoms with van der Waals surface area (Å²) in [7, 11) is 0. The first kappa shape index (κ1) is 32.1. The van der Waals surface area contributed by atoms with E-state index in [9.17, 15) is 4.79 Å². The second-order valence-electron chi connectivity index (χ2n) is 11.9. The molecule has 0 N–H and O–H groups in total. The van der Waals surface area contributed by atoms with Crippen LogP contribution in [0.5, 0.6) is 0 Å². The Morgan fingerprint density at radius 2 is 1.08 bits per heavy atom. The summed E-state index contributed by atoms with van der Waals surface area (Å²) in [6.45, 7) is 8.08. The minimum atomic E-state index is -0.390. The molecule has 0 fully saturated rings. The molecule has 0 aliphatic rings. The van der Waals surface area contributed by atoms with Gasteiger partial charge in [0, 0.05) is 40.2 Å². The van der Waals surface area contributed by atoms with Crippen molar-refractivity contribution in [2.24, 2.45) is 0 Å². The predicted molar refractivity (Wildman–Crippen MR) is 200 cm³/mol. The zero-order valence-electron chi connectivity index (χ0n) is 27.6. The number of hydrogen-bond acceptors (Lipinski definition) is 4. The van der Waals surface area contributed by atoms with Gasteiger partial charge in [-0.25, -0.2) is 4.79 Å². The van der Waals surface area contributed by atoms with E-state index in [0.29, 0.717) is 6.61 Å². The molecule has 0 saturated carbocycles. The molecule has 0 aliphatic carbocycles. The predicted octanol–water partition coefficient (Wildman–Crippen LogP) is 11.6. The molecule has 0 radical (unpaired) electrons. The number of carbonyl (C=O) groups excluding carboxylic acids is 1. The molecule has 6 rings (SSSR count). The Morgan fingerprint density at radius 3 is 1.67 bits per heavy atom. The van der Waals surface area contributed by atoms with Gasteiger partial charge in [0.25, 0.3) is 0 Å². The Hall–Kier alpha value is -5.87. The molecule has 0 aromatic heterocycles. The van der Waals surface area contributed by atoms with Crippen molar-refractivity contribution in [1.82, 2.24) is 0 Å². The van der Waals surface area contributed by atoms with Gasteiger partial charge in [0.15, 0.2) is 0 Å². The standard InChI is InChI=1S/C44H40N2O2/c1-4-44(47)48-30-12-16-37-15-8-9-21-43(37)46(42-20-11-14-34(3)32-42)40-28-24-36(25-29-40)35-22-26-39(27-23-35)45(38-17-6-5-7-18-38)41-19-10-13-33(2)31-41/h4-11,13-15,17-29,31-32H,1,12,16,30H2,2-3H3. The highest BCUT2D eigenvalue weighted by Crippen LogP contribution is 2.39. The van der Waals surface area contributed by atoms with Crippen LogP contribution >= 0.6 is 0 Å². The van der Waals surface area contributed by atoms with Gasteiger partial charge in [-0.15, -0.1) is 0 Å². The summed E-state index contributed by atoms with van der Waals surface area (Å²) in [5.41, 5.74) is 12.5. The van der Waals surface area contributed by atoms with E-state index in [-0.39, 0.29) is 5.97 Å². The molecular formula is C44H40N2O2. The molecule has 6 aromatic carbocycles. The number of rotatable bonds is 12. The van der Waals surface area contributed by atoms with Crippen molar-refractivity contribution in [2.75, 3.05) is 16.4 Å². The van der Waals surface area contributed by atoms with E-state index in [4.69, 9.17) is 4.74 Å². The average molecular weight is 629 g/mol. The molecule has 48 heavy (non-hydrogen) atoms. The van der Waals surface area contributed by atoms with Gasteiger partial charge in [-0.3, -0.25) is 0 Å². The van der Waals surface area contributed by atoms with E-state index >= 15 is 0 Å². The number of nitrogens with zero attached hydrogens (tertiary/aromatic N) is 2. The second-order valence-corrected chi connectivity index (χ2v) is 11.9. The lowest BCUT2D eigenvalue weighted by atomic mass is 10.0. The Bertz CT molecular complexity index is 1980. The highest BCUT2D eigenvalue weighted by Gasteiger charge is 2.17. The molecule has 4 heteroatoms. The molecule has 0 aliphatic heterocycles. The Morgan fingerprint density at radius 1 is 0.583 bits per heavy atom. The fraction of sp³-hybridized carbons (Fsp3) is 0.114. The topological polar surface area (TPSA) is 32.8 Å². The van der Waals surface area contributed by atoms with Crippen LogP contribution in [0.2, 0.25) is 0 Å². The molecule has 6 aromatic rings. The lowest BCUT2D eigenvalue weighted by molar-refractivity contribution is -0.137. The molecule has 0 bridgehead atoms. The first-order valence-electron chi connectivity index (χ1n) is 16.4. The third-order valence-electron chi connectivity index (χ3n) is 8.35. The van der Waals surface area contributed by atoms with Crippen molar-refractivity contribution >= 4 is 40.1 Å². The van der Waals surface area contributed by atoms with Crippen LogP contribution in [0, 0.1) is 13.8 Å². The van der Waals surface area contributed by atoms with Gasteiger partial charge in [0.2, 0.25) is 0 Å². The van der Waals surface area contributed by atoms with Crippen molar-refractivity contribution in [2.45, 2.75) is 26.7 Å². The van der Waals surface area contributed by atoms with Crippen molar-refractivity contribution in [3.63, 3.8) is 0 Å². The molecule has 238 valence electrons. The smallest absolute Gasteiger partial charge is 0.330 e. The molecule has 0 spiro atoms. The summed E-state index contributed by atoms with van der Waals surface area (Å²) in [6, 6.07) is 53.7. The largest absolute Gasteiger partial charge is 0.463 e. The van der Waals surface area contributed by atoms with E-state index in [1.807, 2.05) is 6.07 Å². The summed E-state index contributed by atoms with van der Waals surface area (Å²) >= 11 is 0. The third-order valence-corrected chi connectivity index (χ3v) is 8.35. The van der Waals surface area contributed by atoms with Gasteiger partial charge >= 0.3 is 5.97 Å². The third kappa shape index (κ3) is 7.56. The van der Waals surface area contributed by atoms with Crippen molar-refractivity contribution in [1.29, 1.82) is 0 Å². The number of carbonyl (C=O) groups is 1. The monoisotopic (exact) mass is 628 g/mol. The van der Waals surface area contributed by atoms with E-state index in [1.54, 1.807) is 0 Å². The first-order chi connectivity index (χ1) is 23.5. The Balaban J connectivity index is 1.30. The van der Waals surface area contributed by atoms with Crippen LogP contribution in [-0.2, 0) is 16.0 Å². The van der Waals surface area contributed by atoms with Crippen LogP contribution < -0.4 is 9.80 Å². The quantitative estimate of drug-likeness (QED) is 0.0767. The SMILES string of the molecule is C=CC(=O)OCCCc1ccccc1N(c1ccc(-c2ccc(N(c3ccccc3)c3cccc(C)c3)cc2)cc1)c1cccc(C)c1. The maximum absolute atomic E-state index is 11.6. The second kappa shape index (κ2) is 15.1. The lowest BCUT2D eigenvalue weighted by Gasteiger charge is -2.28. The number of hydrogen-bond donors (Lipinski definition) is 0. The summed E-state index contributed by atoms with van der Waals surface area (Å²) in [5.74, 6) is -0.390. The summed E-state index contributed by atoms with van der Waals surface area (Å²) in [5, 5.41) is 0. The molecule has 0 atom stereocenters. The molecule has 0 saturated heterocycles. The lowest BCUT2D eigenvalue weighted by Crippen LogP contribution is -2.13. The summed E-state index contributed by atoms with van der Waals surface area (Å²) in [6.07, 6.45) is 2.70. The maximum atomic E-state index is 11.6. The van der Waals surface area contributed by atoms with Gasteiger partial charge in [0.1, 0.15) is 0 Å². The van der Waals surface area contributed by atoms with Gasteiger partial charge < -0.3 is 14.5 Å². The zero-order valence-corrected chi connectivity index (χ0v) is 27.6. The molecule has 0 amide bonds.